The van der Waals surface area contributed by atoms with Gasteiger partial charge in [0.2, 0.25) is 5.89 Å². The highest BCUT2D eigenvalue weighted by Gasteiger charge is 2.30. The molecule has 0 saturated carbocycles. The first-order valence-corrected chi connectivity index (χ1v) is 9.15. The zero-order valence-electron chi connectivity index (χ0n) is 14.0. The van der Waals surface area contributed by atoms with Gasteiger partial charge in [-0.2, -0.15) is 0 Å². The molecule has 1 aromatic heterocycles. The summed E-state index contributed by atoms with van der Waals surface area (Å²) in [5.41, 5.74) is 2.01. The molecular weight excluding hydrogens is 394 g/mol. The van der Waals surface area contributed by atoms with Crippen LogP contribution in [0, 0.1) is 0 Å². The molecule has 5 nitrogen and oxygen atoms in total. The van der Waals surface area contributed by atoms with Crippen molar-refractivity contribution in [2.75, 3.05) is 13.1 Å². The first-order chi connectivity index (χ1) is 12.9. The predicted octanol–water partition coefficient (Wildman–Crippen LogP) is 4.35. The summed E-state index contributed by atoms with van der Waals surface area (Å²) in [5.74, 6) is 0.0270. The van der Waals surface area contributed by atoms with Gasteiger partial charge in [0.15, 0.2) is 5.58 Å². The molecule has 1 fully saturated rings. The van der Waals surface area contributed by atoms with E-state index < -0.39 is 12.3 Å². The summed E-state index contributed by atoms with van der Waals surface area (Å²) in [7, 11) is 0. The number of carbonyl (C=O) groups excluding carboxylic acids is 1. The molecule has 2 atom stereocenters. The van der Waals surface area contributed by atoms with E-state index in [0.29, 0.717) is 44.7 Å². The van der Waals surface area contributed by atoms with Crippen LogP contribution >= 0.6 is 23.2 Å². The molecule has 2 aromatic carbocycles. The molecule has 1 saturated heterocycles. The number of nitrogens with zero attached hydrogens (tertiary/aromatic N) is 2. The number of aromatic nitrogens is 1. The average Bonchev–Trinajstić information content (AvgIpc) is 3.06. The van der Waals surface area contributed by atoms with Gasteiger partial charge in [-0.1, -0.05) is 23.2 Å². The maximum Gasteiger partial charge on any atom is 0.254 e. The Hall–Kier alpha value is -2.15. The van der Waals surface area contributed by atoms with Crippen molar-refractivity contribution in [2.24, 2.45) is 0 Å². The predicted molar refractivity (Wildman–Crippen MR) is 101 cm³/mol. The molecule has 0 bridgehead atoms. The number of benzene rings is 2. The van der Waals surface area contributed by atoms with Gasteiger partial charge in [-0.05, 0) is 42.8 Å². The zero-order chi connectivity index (χ0) is 19.1. The molecule has 0 spiro atoms. The molecule has 140 valence electrons. The van der Waals surface area contributed by atoms with Crippen molar-refractivity contribution in [2.45, 2.75) is 18.7 Å². The van der Waals surface area contributed by atoms with E-state index in [-0.39, 0.29) is 18.9 Å². The molecule has 4 rings (SSSR count). The number of likely N-dealkylation sites (tertiary alicyclic amines) is 1. The summed E-state index contributed by atoms with van der Waals surface area (Å²) in [6.07, 6.45) is -2.23. The van der Waals surface area contributed by atoms with E-state index in [1.54, 1.807) is 36.4 Å². The summed E-state index contributed by atoms with van der Waals surface area (Å²) in [6.45, 7) is 0.182. The maximum absolute atomic E-state index is 13.7. The molecule has 27 heavy (non-hydrogen) atoms. The van der Waals surface area contributed by atoms with Gasteiger partial charge in [-0.25, -0.2) is 9.37 Å². The van der Waals surface area contributed by atoms with Crippen LogP contribution in [0.1, 0.15) is 16.8 Å². The SMILES string of the molecule is O=C(c1ccc2nc(-c3cc(Cl)cc(Cl)c3)oc2c1)N1CC[C@@H](O)[C@@H](F)C1. The van der Waals surface area contributed by atoms with E-state index in [1.807, 2.05) is 0 Å². The molecule has 3 aromatic rings. The number of hydrogen-bond donors (Lipinski definition) is 1. The fourth-order valence-corrected chi connectivity index (χ4v) is 3.64. The van der Waals surface area contributed by atoms with Gasteiger partial charge in [0.05, 0.1) is 12.6 Å². The van der Waals surface area contributed by atoms with Crippen molar-refractivity contribution in [3.8, 4) is 11.5 Å². The third-order valence-corrected chi connectivity index (χ3v) is 4.98. The second-order valence-corrected chi connectivity index (χ2v) is 7.36. The summed E-state index contributed by atoms with van der Waals surface area (Å²) >= 11 is 12.0. The highest BCUT2D eigenvalue weighted by molar-refractivity contribution is 6.35. The third kappa shape index (κ3) is 3.65. The Bertz CT molecular complexity index is 1000. The monoisotopic (exact) mass is 408 g/mol. The minimum atomic E-state index is -1.43. The van der Waals surface area contributed by atoms with Gasteiger partial charge in [-0.15, -0.1) is 0 Å². The largest absolute Gasteiger partial charge is 0.436 e. The molecule has 1 aliphatic heterocycles. The van der Waals surface area contributed by atoms with Crippen molar-refractivity contribution in [3.63, 3.8) is 0 Å². The Labute approximate surface area is 164 Å². The molecule has 1 aliphatic rings. The first-order valence-electron chi connectivity index (χ1n) is 8.39. The van der Waals surface area contributed by atoms with Crippen LogP contribution in [0.5, 0.6) is 0 Å². The second-order valence-electron chi connectivity index (χ2n) is 6.48. The van der Waals surface area contributed by atoms with E-state index in [2.05, 4.69) is 4.98 Å². The molecule has 1 amide bonds. The van der Waals surface area contributed by atoms with Gasteiger partial charge in [-0.3, -0.25) is 4.79 Å². The number of aliphatic hydroxyl groups is 1. The summed E-state index contributed by atoms with van der Waals surface area (Å²) in [6, 6.07) is 9.86. The van der Waals surface area contributed by atoms with E-state index >= 15 is 0 Å². The van der Waals surface area contributed by atoms with E-state index in [0.717, 1.165) is 0 Å². The Kier molecular flexibility index (Phi) is 4.80. The molecule has 0 radical (unpaired) electrons. The van der Waals surface area contributed by atoms with Crippen LogP contribution in [0.15, 0.2) is 40.8 Å². The van der Waals surface area contributed by atoms with Crippen molar-refractivity contribution in [3.05, 3.63) is 52.0 Å². The number of fused-ring (bicyclic) bond motifs is 1. The Morgan fingerprint density at radius 3 is 2.67 bits per heavy atom. The number of rotatable bonds is 2. The van der Waals surface area contributed by atoms with Crippen LogP contribution in [0.4, 0.5) is 4.39 Å². The van der Waals surface area contributed by atoms with Crippen LogP contribution in [0.25, 0.3) is 22.6 Å². The molecule has 0 aliphatic carbocycles. The molecule has 8 heteroatoms. The van der Waals surface area contributed by atoms with Crippen molar-refractivity contribution < 1.29 is 18.7 Å². The van der Waals surface area contributed by atoms with Crippen LogP contribution < -0.4 is 0 Å². The van der Waals surface area contributed by atoms with Gasteiger partial charge < -0.3 is 14.4 Å². The molecule has 0 unspecified atom stereocenters. The van der Waals surface area contributed by atoms with Gasteiger partial charge in [0, 0.05) is 27.7 Å². The third-order valence-electron chi connectivity index (χ3n) is 4.54. The molecular formula is C19H15Cl2FN2O3. The van der Waals surface area contributed by atoms with Crippen LogP contribution in [-0.2, 0) is 0 Å². The maximum atomic E-state index is 13.7. The number of piperidine rings is 1. The van der Waals surface area contributed by atoms with Crippen LogP contribution in [0.2, 0.25) is 10.0 Å². The van der Waals surface area contributed by atoms with E-state index in [1.165, 1.54) is 4.90 Å². The van der Waals surface area contributed by atoms with Gasteiger partial charge >= 0.3 is 0 Å². The standard InChI is InChI=1S/C19H15Cl2FN2O3/c20-12-5-11(6-13(21)8-12)18-23-15-2-1-10(7-17(15)27-18)19(26)24-4-3-16(25)14(22)9-24/h1-2,5-8,14,16,25H,3-4,9H2/t14-,16+/m0/s1. The van der Waals surface area contributed by atoms with E-state index in [9.17, 15) is 14.3 Å². The van der Waals surface area contributed by atoms with Crippen LogP contribution in [0.3, 0.4) is 0 Å². The number of carbonyl (C=O) groups is 1. The van der Waals surface area contributed by atoms with Crippen molar-refractivity contribution in [1.29, 1.82) is 0 Å². The lowest BCUT2D eigenvalue weighted by Crippen LogP contribution is -2.47. The minimum Gasteiger partial charge on any atom is -0.436 e. The zero-order valence-corrected chi connectivity index (χ0v) is 15.5. The number of oxazole rings is 1. The van der Waals surface area contributed by atoms with Crippen molar-refractivity contribution in [1.82, 2.24) is 9.88 Å². The lowest BCUT2D eigenvalue weighted by Gasteiger charge is -2.32. The lowest BCUT2D eigenvalue weighted by atomic mass is 10.0. The first kappa shape index (κ1) is 18.2. The number of alkyl halides is 1. The smallest absolute Gasteiger partial charge is 0.254 e. The average molecular weight is 409 g/mol. The number of aliphatic hydroxyl groups excluding tert-OH is 1. The highest BCUT2D eigenvalue weighted by Crippen LogP contribution is 2.30. The normalized spacial score (nSPS) is 20.2. The van der Waals surface area contributed by atoms with Gasteiger partial charge in [0.1, 0.15) is 11.7 Å². The lowest BCUT2D eigenvalue weighted by molar-refractivity contribution is 0.00826. The molecule has 2 heterocycles. The number of amides is 1. The Morgan fingerprint density at radius 2 is 1.96 bits per heavy atom. The fourth-order valence-electron chi connectivity index (χ4n) is 3.12. The Balaban J connectivity index is 1.64. The summed E-state index contributed by atoms with van der Waals surface area (Å²) < 4.78 is 19.5. The van der Waals surface area contributed by atoms with Gasteiger partial charge in [0.25, 0.3) is 5.91 Å². The Morgan fingerprint density at radius 1 is 1.22 bits per heavy atom. The summed E-state index contributed by atoms with van der Waals surface area (Å²) in [4.78, 5) is 18.4. The van der Waals surface area contributed by atoms with Crippen molar-refractivity contribution >= 4 is 40.2 Å². The minimum absolute atomic E-state index is 0.124. The second kappa shape index (κ2) is 7.11. The van der Waals surface area contributed by atoms with Crippen LogP contribution in [-0.4, -0.2) is 46.3 Å². The quantitative estimate of drug-likeness (QED) is 0.684. The number of hydrogen-bond acceptors (Lipinski definition) is 4. The topological polar surface area (TPSA) is 66.6 Å². The highest BCUT2D eigenvalue weighted by atomic mass is 35.5. The molecule has 1 N–H and O–H groups in total. The summed E-state index contributed by atoms with van der Waals surface area (Å²) in [5, 5.41) is 10.4. The van der Waals surface area contributed by atoms with E-state index in [4.69, 9.17) is 27.6 Å². The fraction of sp³-hybridized carbons (Fsp3) is 0.263. The number of halogens is 3.